The van der Waals surface area contributed by atoms with E-state index in [4.69, 9.17) is 0 Å². The first-order chi connectivity index (χ1) is 14.6. The van der Waals surface area contributed by atoms with Crippen molar-refractivity contribution in [2.45, 2.75) is 32.6 Å². The van der Waals surface area contributed by atoms with E-state index in [0.29, 0.717) is 36.3 Å². The first-order valence-electron chi connectivity index (χ1n) is 10.7. The molecule has 9 heteroatoms. The molecule has 2 aliphatic rings. The quantitative estimate of drug-likeness (QED) is 0.613. The maximum Gasteiger partial charge on any atom is 0.274 e. The minimum atomic E-state index is -0.0438. The van der Waals surface area contributed by atoms with E-state index in [1.807, 2.05) is 9.30 Å². The molecule has 9 nitrogen and oxygen atoms in total. The van der Waals surface area contributed by atoms with Crippen molar-refractivity contribution < 1.29 is 4.79 Å². The number of anilines is 2. The zero-order chi connectivity index (χ0) is 20.7. The Morgan fingerprint density at radius 3 is 2.73 bits per heavy atom. The summed E-state index contributed by atoms with van der Waals surface area (Å²) >= 11 is 0. The van der Waals surface area contributed by atoms with E-state index in [0.717, 1.165) is 30.7 Å². The smallest absolute Gasteiger partial charge is 0.274 e. The Morgan fingerprint density at radius 1 is 1.20 bits per heavy atom. The van der Waals surface area contributed by atoms with Gasteiger partial charge in [-0.1, -0.05) is 13.8 Å². The van der Waals surface area contributed by atoms with Crippen LogP contribution in [0.2, 0.25) is 0 Å². The van der Waals surface area contributed by atoms with Crippen molar-refractivity contribution in [1.82, 2.24) is 34.8 Å². The highest BCUT2D eigenvalue weighted by Gasteiger charge is 2.30. The highest BCUT2D eigenvalue weighted by molar-refractivity contribution is 5.93. The summed E-state index contributed by atoms with van der Waals surface area (Å²) in [6.07, 6.45) is 5.83. The first-order valence-corrected chi connectivity index (χ1v) is 10.7. The molecule has 1 saturated carbocycles. The molecular weight excluding hydrogens is 380 g/mol. The molecule has 3 N–H and O–H groups in total. The molecule has 1 aliphatic heterocycles. The van der Waals surface area contributed by atoms with Crippen LogP contribution in [-0.2, 0) is 0 Å². The predicted octanol–water partition coefficient (Wildman–Crippen LogP) is 2.39. The lowest BCUT2D eigenvalue weighted by Gasteiger charge is -2.26. The van der Waals surface area contributed by atoms with E-state index in [1.54, 1.807) is 18.5 Å². The SMILES string of the molecule is C[C@@H]1C[C@H](c2cc(Nc3nccc4nc(C(=O)N5CCNCC5)cn34)n[nH]2)C[C@@H]1C. The van der Waals surface area contributed by atoms with Gasteiger partial charge in [-0.25, -0.2) is 9.97 Å². The van der Waals surface area contributed by atoms with Crippen LogP contribution in [0.25, 0.3) is 5.65 Å². The lowest BCUT2D eigenvalue weighted by molar-refractivity contribution is 0.0730. The molecule has 5 rings (SSSR count). The summed E-state index contributed by atoms with van der Waals surface area (Å²) in [6.45, 7) is 7.67. The van der Waals surface area contributed by atoms with Gasteiger partial charge in [0, 0.05) is 56.3 Å². The number of aromatic nitrogens is 5. The molecule has 1 saturated heterocycles. The van der Waals surface area contributed by atoms with Gasteiger partial charge in [0.15, 0.2) is 5.82 Å². The van der Waals surface area contributed by atoms with E-state index in [2.05, 4.69) is 50.7 Å². The number of carbonyl (C=O) groups is 1. The van der Waals surface area contributed by atoms with Gasteiger partial charge >= 0.3 is 0 Å². The van der Waals surface area contributed by atoms with Crippen molar-refractivity contribution in [2.24, 2.45) is 11.8 Å². The first kappa shape index (κ1) is 19.0. The summed E-state index contributed by atoms with van der Waals surface area (Å²) in [5.74, 6) is 3.27. The molecular formula is C21H28N8O. The maximum absolute atomic E-state index is 12.8. The van der Waals surface area contributed by atoms with Gasteiger partial charge in [-0.15, -0.1) is 0 Å². The average Bonchev–Trinajstić information content (AvgIpc) is 3.48. The van der Waals surface area contributed by atoms with E-state index >= 15 is 0 Å². The highest BCUT2D eigenvalue weighted by atomic mass is 16.2. The number of imidazole rings is 1. The number of amides is 1. The predicted molar refractivity (Wildman–Crippen MR) is 114 cm³/mol. The Morgan fingerprint density at radius 2 is 1.97 bits per heavy atom. The molecule has 3 aromatic heterocycles. The Balaban J connectivity index is 1.36. The van der Waals surface area contributed by atoms with Crippen LogP contribution in [-0.4, -0.2) is 61.6 Å². The second kappa shape index (κ2) is 7.71. The number of hydrogen-bond donors (Lipinski definition) is 3. The third-order valence-corrected chi connectivity index (χ3v) is 6.57. The summed E-state index contributed by atoms with van der Waals surface area (Å²) in [5, 5.41) is 14.2. The Labute approximate surface area is 175 Å². The van der Waals surface area contributed by atoms with Crippen LogP contribution in [0.15, 0.2) is 24.5 Å². The van der Waals surface area contributed by atoms with Crippen molar-refractivity contribution in [2.75, 3.05) is 31.5 Å². The molecule has 0 radical (unpaired) electrons. The molecule has 3 atom stereocenters. The summed E-state index contributed by atoms with van der Waals surface area (Å²) in [7, 11) is 0. The van der Waals surface area contributed by atoms with Crippen molar-refractivity contribution in [3.8, 4) is 0 Å². The molecule has 158 valence electrons. The Hall–Kier alpha value is -2.94. The second-order valence-electron chi connectivity index (χ2n) is 8.62. The Kier molecular flexibility index (Phi) is 4.90. The van der Waals surface area contributed by atoms with Gasteiger partial charge in [0.2, 0.25) is 5.95 Å². The van der Waals surface area contributed by atoms with Crippen LogP contribution < -0.4 is 10.6 Å². The van der Waals surface area contributed by atoms with E-state index in [9.17, 15) is 4.79 Å². The van der Waals surface area contributed by atoms with Crippen LogP contribution in [0.1, 0.15) is 48.8 Å². The van der Waals surface area contributed by atoms with Gasteiger partial charge in [-0.3, -0.25) is 14.3 Å². The molecule has 30 heavy (non-hydrogen) atoms. The van der Waals surface area contributed by atoms with Gasteiger partial charge in [0.1, 0.15) is 11.3 Å². The topological polar surface area (TPSA) is 103 Å². The zero-order valence-electron chi connectivity index (χ0n) is 17.4. The number of piperazine rings is 1. The fourth-order valence-electron chi connectivity index (χ4n) is 4.58. The number of fused-ring (bicyclic) bond motifs is 1. The molecule has 1 amide bonds. The van der Waals surface area contributed by atoms with Gasteiger partial charge in [0.25, 0.3) is 5.91 Å². The fraction of sp³-hybridized carbons (Fsp3) is 0.524. The molecule has 1 aliphatic carbocycles. The normalized spacial score (nSPS) is 24.5. The number of aromatic amines is 1. The molecule has 0 bridgehead atoms. The lowest BCUT2D eigenvalue weighted by atomic mass is 10.0. The van der Waals surface area contributed by atoms with Gasteiger partial charge in [0.05, 0.1) is 0 Å². The van der Waals surface area contributed by atoms with Crippen LogP contribution in [0.5, 0.6) is 0 Å². The van der Waals surface area contributed by atoms with Crippen molar-refractivity contribution >= 4 is 23.3 Å². The van der Waals surface area contributed by atoms with Crippen LogP contribution in [0.4, 0.5) is 11.8 Å². The van der Waals surface area contributed by atoms with Crippen molar-refractivity contribution in [3.05, 3.63) is 35.9 Å². The fourth-order valence-corrected chi connectivity index (χ4v) is 4.58. The van der Waals surface area contributed by atoms with Crippen LogP contribution in [0.3, 0.4) is 0 Å². The zero-order valence-corrected chi connectivity index (χ0v) is 17.4. The van der Waals surface area contributed by atoms with E-state index in [-0.39, 0.29) is 5.91 Å². The number of nitrogens with zero attached hydrogens (tertiary/aromatic N) is 5. The minimum Gasteiger partial charge on any atom is -0.335 e. The number of H-pyrrole nitrogens is 1. The summed E-state index contributed by atoms with van der Waals surface area (Å²) in [4.78, 5) is 23.6. The Bertz CT molecular complexity index is 1040. The number of carbonyl (C=O) groups excluding carboxylic acids is 1. The monoisotopic (exact) mass is 408 g/mol. The summed E-state index contributed by atoms with van der Waals surface area (Å²) < 4.78 is 1.81. The number of nitrogens with one attached hydrogen (secondary N) is 3. The molecule has 4 heterocycles. The number of rotatable bonds is 4. The largest absolute Gasteiger partial charge is 0.335 e. The lowest BCUT2D eigenvalue weighted by Crippen LogP contribution is -2.46. The van der Waals surface area contributed by atoms with Crippen molar-refractivity contribution in [1.29, 1.82) is 0 Å². The molecule has 2 fully saturated rings. The van der Waals surface area contributed by atoms with E-state index in [1.165, 1.54) is 18.5 Å². The van der Waals surface area contributed by atoms with E-state index < -0.39 is 0 Å². The van der Waals surface area contributed by atoms with Crippen molar-refractivity contribution in [3.63, 3.8) is 0 Å². The van der Waals surface area contributed by atoms with Gasteiger partial charge < -0.3 is 15.5 Å². The standard InChI is InChI=1S/C21H28N8O/c1-13-9-15(10-14(13)2)16-11-18(27-26-16)25-21-23-4-3-19-24-17(12-29(19)21)20(30)28-7-5-22-6-8-28/h3-4,11-15,22H,5-10H2,1-2H3,(H2,23,25,26,27)/t13-,14+,15+. The highest BCUT2D eigenvalue weighted by Crippen LogP contribution is 2.41. The number of hydrogen-bond acceptors (Lipinski definition) is 6. The molecule has 0 aromatic carbocycles. The summed E-state index contributed by atoms with van der Waals surface area (Å²) in [5.41, 5.74) is 2.28. The average molecular weight is 409 g/mol. The summed E-state index contributed by atoms with van der Waals surface area (Å²) in [6, 6.07) is 3.87. The third kappa shape index (κ3) is 3.54. The molecule has 0 spiro atoms. The maximum atomic E-state index is 12.8. The third-order valence-electron chi connectivity index (χ3n) is 6.57. The molecule has 0 unspecified atom stereocenters. The minimum absolute atomic E-state index is 0.0438. The second-order valence-corrected chi connectivity index (χ2v) is 8.62. The van der Waals surface area contributed by atoms with Gasteiger partial charge in [-0.05, 0) is 30.7 Å². The molecule has 3 aromatic rings. The van der Waals surface area contributed by atoms with Gasteiger partial charge in [-0.2, -0.15) is 5.10 Å². The van der Waals surface area contributed by atoms with Crippen LogP contribution in [0, 0.1) is 11.8 Å². The van der Waals surface area contributed by atoms with Crippen LogP contribution >= 0.6 is 0 Å².